The Morgan fingerprint density at radius 2 is 0.636 bits per heavy atom. The Labute approximate surface area is 372 Å². The van der Waals surface area contributed by atoms with Gasteiger partial charge in [0.2, 0.25) is 20.8 Å². The summed E-state index contributed by atoms with van der Waals surface area (Å²) in [6.45, 7) is 8.85. The van der Waals surface area contributed by atoms with E-state index >= 15 is 0 Å². The maximum Gasteiger partial charge on any atom is 2.00 e. The first kappa shape index (κ1) is 59.8. The zero-order valence-corrected chi connectivity index (χ0v) is 40.1. The molecule has 2 unspecified atom stereocenters. The van der Waals surface area contributed by atoms with Gasteiger partial charge >= 0.3 is 37.7 Å². The molecular weight excluding hydrogens is 761 g/mol. The fraction of sp³-hybridized carbons (Fsp3) is 0.909. The summed E-state index contributed by atoms with van der Waals surface area (Å²) in [7, 11) is -9.20. The summed E-state index contributed by atoms with van der Waals surface area (Å²) in [5.74, 6) is 0.0443. The topological polar surface area (TPSA) is 133 Å². The molecule has 0 spiro atoms. The molecule has 0 N–H and O–H groups in total. The Balaban J connectivity index is -0.000000966. The summed E-state index contributed by atoms with van der Waals surface area (Å²) in [5, 5.41) is 0. The third-order valence-electron chi connectivity index (χ3n) is 9.98. The van der Waals surface area contributed by atoms with Crippen LogP contribution in [0.1, 0.15) is 233 Å². The van der Waals surface area contributed by atoms with Crippen LogP contribution in [0.5, 0.6) is 0 Å². The summed E-state index contributed by atoms with van der Waals surface area (Å²) < 4.78 is 73.4. The number of allylic oxidation sites excluding steroid dienone is 2. The van der Waals surface area contributed by atoms with Gasteiger partial charge in [-0.05, 0) is 38.5 Å². The van der Waals surface area contributed by atoms with E-state index in [2.05, 4.69) is 60.4 Å². The summed E-state index contributed by atoms with van der Waals surface area (Å²) in [6, 6.07) is 0. The fourth-order valence-corrected chi connectivity index (χ4v) is 7.24. The molecule has 55 heavy (non-hydrogen) atoms. The molecule has 0 aromatic rings. The summed E-state index contributed by atoms with van der Waals surface area (Å²) >= 11 is 0. The smallest absolute Gasteiger partial charge is 0.726 e. The number of unbranched alkanes of at least 4 members (excludes halogenated alkanes) is 26. The van der Waals surface area contributed by atoms with Gasteiger partial charge in [0, 0.05) is 11.8 Å². The van der Waals surface area contributed by atoms with Crippen LogP contribution in [0.25, 0.3) is 0 Å². The maximum atomic E-state index is 10.7. The fourth-order valence-electron chi connectivity index (χ4n) is 6.55. The van der Waals surface area contributed by atoms with Gasteiger partial charge in [-0.3, -0.25) is 8.37 Å². The summed E-state index contributed by atoms with van der Waals surface area (Å²) in [5.41, 5.74) is 0. The number of rotatable bonds is 40. The van der Waals surface area contributed by atoms with Gasteiger partial charge < -0.3 is 9.11 Å². The normalized spacial score (nSPS) is 13.2. The van der Waals surface area contributed by atoms with Gasteiger partial charge in [-0.1, -0.05) is 219 Å². The van der Waals surface area contributed by atoms with Crippen LogP contribution in [0.4, 0.5) is 0 Å². The van der Waals surface area contributed by atoms with Crippen molar-refractivity contribution in [2.45, 2.75) is 233 Å². The number of hydrogen-bond donors (Lipinski definition) is 0. The molecule has 0 aliphatic carbocycles. The molecule has 0 amide bonds. The van der Waals surface area contributed by atoms with Gasteiger partial charge in [0.1, 0.15) is 0 Å². The van der Waals surface area contributed by atoms with Gasteiger partial charge in [0.15, 0.2) is 0 Å². The minimum Gasteiger partial charge on any atom is -0.726 e. The molecule has 2 atom stereocenters. The molecular formula is C44H86CaO8S2. The molecule has 0 aromatic carbocycles. The molecule has 0 saturated heterocycles. The van der Waals surface area contributed by atoms with Crippen molar-refractivity contribution in [3.8, 4) is 0 Å². The second-order valence-electron chi connectivity index (χ2n) is 15.4. The molecule has 8 nitrogen and oxygen atoms in total. The van der Waals surface area contributed by atoms with Crippen LogP contribution in [0, 0.1) is 11.8 Å². The Kier molecular flexibility index (Phi) is 49.5. The van der Waals surface area contributed by atoms with E-state index in [1.165, 1.54) is 167 Å². The third-order valence-corrected chi connectivity index (χ3v) is 10.8. The molecule has 0 aromatic heterocycles. The predicted molar refractivity (Wildman–Crippen MR) is 233 cm³/mol. The molecule has 0 aliphatic rings. The first-order chi connectivity index (χ1) is 26.0. The standard InChI is InChI=1S/2C22H44O4S.Ca/c2*1-3-5-7-9-11-12-14-16-18-20-22(21-26-27(23,24)25)19-17-15-13-10-8-6-4-2;/h2*17,19,22H,3-16,18,20-21H2,1-2H3,(H,23,24,25);/q;;+2/p-2/b2*19-17+;. The van der Waals surface area contributed by atoms with Crippen LogP contribution in [0.3, 0.4) is 0 Å². The Morgan fingerprint density at radius 1 is 0.400 bits per heavy atom. The van der Waals surface area contributed by atoms with Crippen molar-refractivity contribution < 1.29 is 34.3 Å². The minimum atomic E-state index is -4.60. The Morgan fingerprint density at radius 3 is 0.891 bits per heavy atom. The van der Waals surface area contributed by atoms with Crippen LogP contribution in [-0.2, 0) is 29.2 Å². The molecule has 0 heterocycles. The Bertz CT molecular complexity index is 952. The van der Waals surface area contributed by atoms with Gasteiger partial charge in [0.25, 0.3) is 0 Å². The second kappa shape index (κ2) is 45.6. The van der Waals surface area contributed by atoms with Gasteiger partial charge in [-0.15, -0.1) is 0 Å². The first-order valence-electron chi connectivity index (χ1n) is 22.5. The molecule has 0 rings (SSSR count). The van der Waals surface area contributed by atoms with E-state index in [0.717, 1.165) is 38.5 Å². The van der Waals surface area contributed by atoms with Gasteiger partial charge in [0.05, 0.1) is 13.2 Å². The molecule has 324 valence electrons. The van der Waals surface area contributed by atoms with Crippen LogP contribution < -0.4 is 0 Å². The average Bonchev–Trinajstić information content (AvgIpc) is 3.12. The van der Waals surface area contributed by atoms with Crippen molar-refractivity contribution in [3.63, 3.8) is 0 Å². The SMILES string of the molecule is CCCCCCC/C=C/C(CCCCCCCCCCC)COS(=O)(=O)[O-].CCCCCCC/C=C/C(CCCCCCCCCCC)COS(=O)(=O)[O-].[Ca+2]. The van der Waals surface area contributed by atoms with Crippen LogP contribution in [0.2, 0.25) is 0 Å². The van der Waals surface area contributed by atoms with Crippen LogP contribution in [-0.4, -0.2) is 76.9 Å². The van der Waals surface area contributed by atoms with Crippen LogP contribution >= 0.6 is 0 Å². The van der Waals surface area contributed by atoms with Crippen molar-refractivity contribution in [2.75, 3.05) is 13.2 Å². The summed E-state index contributed by atoms with van der Waals surface area (Å²) in [4.78, 5) is 0. The molecule has 11 heteroatoms. The first-order valence-corrected chi connectivity index (χ1v) is 25.2. The summed E-state index contributed by atoms with van der Waals surface area (Å²) in [6.07, 6.45) is 47.4. The maximum absolute atomic E-state index is 10.7. The zero-order valence-electron chi connectivity index (χ0n) is 36.3. The predicted octanol–water partition coefficient (Wildman–Crippen LogP) is 13.5. The zero-order chi connectivity index (χ0) is 40.4. The quantitative estimate of drug-likeness (QED) is 0.0196. The van der Waals surface area contributed by atoms with Crippen molar-refractivity contribution >= 4 is 58.5 Å². The molecule has 0 aliphatic heterocycles. The van der Waals surface area contributed by atoms with E-state index in [9.17, 15) is 25.9 Å². The van der Waals surface area contributed by atoms with E-state index in [1.807, 2.05) is 0 Å². The monoisotopic (exact) mass is 847 g/mol. The van der Waals surface area contributed by atoms with Crippen LogP contribution in [0.15, 0.2) is 24.3 Å². The van der Waals surface area contributed by atoms with E-state index in [4.69, 9.17) is 0 Å². The van der Waals surface area contributed by atoms with E-state index in [0.29, 0.717) is 0 Å². The average molecular weight is 847 g/mol. The molecule has 0 saturated carbocycles. The van der Waals surface area contributed by atoms with Crippen molar-refractivity contribution in [3.05, 3.63) is 24.3 Å². The second-order valence-corrected chi connectivity index (χ2v) is 17.5. The largest absolute Gasteiger partial charge is 2.00 e. The van der Waals surface area contributed by atoms with Gasteiger partial charge in [-0.2, -0.15) is 0 Å². The molecule has 0 fully saturated rings. The van der Waals surface area contributed by atoms with E-state index in [1.54, 1.807) is 0 Å². The molecule has 0 radical (unpaired) electrons. The molecule has 0 bridgehead atoms. The van der Waals surface area contributed by atoms with Crippen molar-refractivity contribution in [2.24, 2.45) is 11.8 Å². The third kappa shape index (κ3) is 54.5. The van der Waals surface area contributed by atoms with Crippen molar-refractivity contribution in [1.82, 2.24) is 0 Å². The minimum absolute atomic E-state index is 0. The van der Waals surface area contributed by atoms with E-state index < -0.39 is 20.8 Å². The Hall–Kier alpha value is 0.480. The van der Waals surface area contributed by atoms with Gasteiger partial charge in [-0.25, -0.2) is 16.8 Å². The number of hydrogen-bond acceptors (Lipinski definition) is 8. The van der Waals surface area contributed by atoms with E-state index in [-0.39, 0.29) is 62.8 Å². The van der Waals surface area contributed by atoms with Crippen molar-refractivity contribution in [1.29, 1.82) is 0 Å².